The Morgan fingerprint density at radius 1 is 0.385 bits per heavy atom. The molecule has 2 nitrogen and oxygen atoms in total. The van der Waals surface area contributed by atoms with Gasteiger partial charge in [-0.05, 0) is 70.6 Å². The molecule has 0 aliphatic rings. The number of nitrogens with zero attached hydrogens (tertiary/aromatic N) is 2. The van der Waals surface area contributed by atoms with Gasteiger partial charge in [0.2, 0.25) is 0 Å². The van der Waals surface area contributed by atoms with E-state index in [1.165, 1.54) is 250 Å². The van der Waals surface area contributed by atoms with Gasteiger partial charge in [-0.15, -0.1) is 0 Å². The average molecular weight is 723 g/mol. The maximum Gasteiger partial charge on any atom is 0.0946 e. The molecular weight excluding hydrogens is 629 g/mol. The lowest BCUT2D eigenvalue weighted by Gasteiger charge is -2.10. The molecule has 0 radical (unpaired) electrons. The van der Waals surface area contributed by atoms with E-state index in [2.05, 4.69) is 48.7 Å². The van der Waals surface area contributed by atoms with Crippen molar-refractivity contribution in [3.05, 3.63) is 42.0 Å². The molecule has 0 bridgehead atoms. The Morgan fingerprint density at radius 2 is 0.692 bits per heavy atom. The largest absolute Gasteiger partial charge is 0.337 e. The van der Waals surface area contributed by atoms with Crippen LogP contribution >= 0.6 is 0 Å². The molecule has 0 amide bonds. The van der Waals surface area contributed by atoms with E-state index < -0.39 is 0 Å². The summed E-state index contributed by atoms with van der Waals surface area (Å²) in [4.78, 5) is 4.28. The molecule has 0 N–H and O–H groups in total. The zero-order chi connectivity index (χ0) is 37.3. The van der Waals surface area contributed by atoms with Crippen molar-refractivity contribution in [3.63, 3.8) is 0 Å². The highest BCUT2D eigenvalue weighted by Gasteiger charge is 2.03. The highest BCUT2D eigenvalue weighted by atomic mass is 15.0. The SMILES string of the molecule is CCCCCCCCCCCC/C=C(/CCCC/C=C(\CCCCCCCCCCCC)CCCCCCCCCCCCC)CCn1ccnc1. The summed E-state index contributed by atoms with van der Waals surface area (Å²) < 4.78 is 2.26. The van der Waals surface area contributed by atoms with Gasteiger partial charge in [-0.2, -0.15) is 0 Å². The van der Waals surface area contributed by atoms with E-state index in [4.69, 9.17) is 0 Å². The molecule has 0 atom stereocenters. The summed E-state index contributed by atoms with van der Waals surface area (Å²) in [5.41, 5.74) is 3.49. The fourth-order valence-electron chi connectivity index (χ4n) is 7.95. The Morgan fingerprint density at radius 3 is 1.06 bits per heavy atom. The van der Waals surface area contributed by atoms with Crippen LogP contribution in [0.15, 0.2) is 42.0 Å². The molecule has 52 heavy (non-hydrogen) atoms. The number of allylic oxidation sites excluding steroid dienone is 4. The Kier molecular flexibility index (Phi) is 38.3. The second kappa shape index (κ2) is 40.9. The fraction of sp³-hybridized carbons (Fsp3) is 0.860. The molecule has 304 valence electrons. The van der Waals surface area contributed by atoms with E-state index in [1.54, 1.807) is 11.1 Å². The standard InChI is InChI=1S/C50H94N2/c1-4-7-10-13-16-19-22-25-28-31-35-40-49(39-34-30-27-24-21-18-15-12-9-6-3)41-37-33-38-43-50(44-46-52-47-45-51-48-52)42-36-32-29-26-23-20-17-14-11-8-5-2/h41-42,45,47-48H,4-40,43-44,46H2,1-3H3/b49-41+,50-42-. The Labute approximate surface area is 328 Å². The molecule has 0 aliphatic heterocycles. The van der Waals surface area contributed by atoms with Crippen LogP contribution < -0.4 is 0 Å². The highest BCUT2D eigenvalue weighted by molar-refractivity contribution is 5.04. The van der Waals surface area contributed by atoms with E-state index in [9.17, 15) is 0 Å². The van der Waals surface area contributed by atoms with Gasteiger partial charge in [0.15, 0.2) is 0 Å². The Hall–Kier alpha value is -1.31. The number of unbranched alkanes of at least 4 members (excludes halogenated alkanes) is 31. The monoisotopic (exact) mass is 723 g/mol. The van der Waals surface area contributed by atoms with Crippen molar-refractivity contribution < 1.29 is 0 Å². The van der Waals surface area contributed by atoms with Gasteiger partial charge >= 0.3 is 0 Å². The number of hydrogen-bond donors (Lipinski definition) is 0. The van der Waals surface area contributed by atoms with Crippen molar-refractivity contribution in [3.8, 4) is 0 Å². The molecule has 0 saturated carbocycles. The molecule has 2 heteroatoms. The van der Waals surface area contributed by atoms with E-state index >= 15 is 0 Å². The smallest absolute Gasteiger partial charge is 0.0946 e. The van der Waals surface area contributed by atoms with E-state index in [1.807, 2.05) is 12.5 Å². The summed E-state index contributed by atoms with van der Waals surface area (Å²) in [7, 11) is 0. The second-order valence-corrected chi connectivity index (χ2v) is 16.7. The zero-order valence-electron chi connectivity index (χ0n) is 36.1. The normalized spacial score (nSPS) is 12.4. The van der Waals surface area contributed by atoms with Crippen molar-refractivity contribution in [2.75, 3.05) is 0 Å². The molecule has 1 rings (SSSR count). The third-order valence-corrected chi connectivity index (χ3v) is 11.6. The Balaban J connectivity index is 2.42. The minimum Gasteiger partial charge on any atom is -0.337 e. The summed E-state index contributed by atoms with van der Waals surface area (Å²) in [5, 5.41) is 0. The van der Waals surface area contributed by atoms with Crippen LogP contribution in [0.5, 0.6) is 0 Å². The molecule has 0 aliphatic carbocycles. The molecule has 0 unspecified atom stereocenters. The van der Waals surface area contributed by atoms with Gasteiger partial charge in [0.05, 0.1) is 6.33 Å². The van der Waals surface area contributed by atoms with E-state index in [0.29, 0.717) is 0 Å². The molecule has 1 aromatic rings. The lowest BCUT2D eigenvalue weighted by atomic mass is 9.97. The quantitative estimate of drug-likeness (QED) is 0.0485. The van der Waals surface area contributed by atoms with Gasteiger partial charge in [0.1, 0.15) is 0 Å². The van der Waals surface area contributed by atoms with Crippen LogP contribution in [0.1, 0.15) is 271 Å². The third kappa shape index (κ3) is 34.5. The third-order valence-electron chi connectivity index (χ3n) is 11.6. The predicted octanol–water partition coefficient (Wildman–Crippen LogP) is 18.0. The van der Waals surface area contributed by atoms with Gasteiger partial charge in [-0.25, -0.2) is 4.98 Å². The van der Waals surface area contributed by atoms with Gasteiger partial charge < -0.3 is 4.57 Å². The van der Waals surface area contributed by atoms with Crippen molar-refractivity contribution >= 4 is 0 Å². The summed E-state index contributed by atoms with van der Waals surface area (Å²) in [6.45, 7) is 8.02. The molecule has 1 heterocycles. The van der Waals surface area contributed by atoms with Crippen LogP contribution in [0.25, 0.3) is 0 Å². The molecule has 1 aromatic heterocycles. The molecule has 0 fully saturated rings. The average Bonchev–Trinajstić information content (AvgIpc) is 3.68. The van der Waals surface area contributed by atoms with Crippen LogP contribution in [-0.4, -0.2) is 9.55 Å². The summed E-state index contributed by atoms with van der Waals surface area (Å²) in [6.07, 6.45) is 66.3. The molecule has 0 spiro atoms. The van der Waals surface area contributed by atoms with E-state index in [0.717, 1.165) is 6.54 Å². The highest BCUT2D eigenvalue weighted by Crippen LogP contribution is 2.22. The minimum absolute atomic E-state index is 1.08. The first-order valence-corrected chi connectivity index (χ1v) is 24.1. The fourth-order valence-corrected chi connectivity index (χ4v) is 7.95. The number of rotatable bonds is 42. The zero-order valence-corrected chi connectivity index (χ0v) is 36.1. The first kappa shape index (κ1) is 48.7. The number of aromatic nitrogens is 2. The second-order valence-electron chi connectivity index (χ2n) is 16.7. The molecule has 0 aromatic carbocycles. The van der Waals surface area contributed by atoms with Crippen LogP contribution in [0, 0.1) is 0 Å². The van der Waals surface area contributed by atoms with Crippen molar-refractivity contribution in [1.82, 2.24) is 9.55 Å². The first-order valence-electron chi connectivity index (χ1n) is 24.1. The maximum absolute atomic E-state index is 4.28. The summed E-state index contributed by atoms with van der Waals surface area (Å²) >= 11 is 0. The lowest BCUT2D eigenvalue weighted by Crippen LogP contribution is -1.97. The van der Waals surface area contributed by atoms with Crippen molar-refractivity contribution in [1.29, 1.82) is 0 Å². The van der Waals surface area contributed by atoms with Crippen LogP contribution in [0.4, 0.5) is 0 Å². The van der Waals surface area contributed by atoms with Gasteiger partial charge in [-0.3, -0.25) is 0 Å². The van der Waals surface area contributed by atoms with Crippen LogP contribution in [-0.2, 0) is 6.54 Å². The van der Waals surface area contributed by atoms with Crippen molar-refractivity contribution in [2.45, 2.75) is 278 Å². The minimum atomic E-state index is 1.08. The van der Waals surface area contributed by atoms with Crippen LogP contribution in [0.2, 0.25) is 0 Å². The van der Waals surface area contributed by atoms with Crippen LogP contribution in [0.3, 0.4) is 0 Å². The number of aryl methyl sites for hydroxylation is 1. The molecule has 0 saturated heterocycles. The van der Waals surface area contributed by atoms with Crippen molar-refractivity contribution in [2.24, 2.45) is 0 Å². The van der Waals surface area contributed by atoms with Gasteiger partial charge in [0, 0.05) is 18.9 Å². The molecular formula is C50H94N2. The predicted molar refractivity (Wildman–Crippen MR) is 235 cm³/mol. The summed E-state index contributed by atoms with van der Waals surface area (Å²) in [5.74, 6) is 0. The van der Waals surface area contributed by atoms with Gasteiger partial charge in [-0.1, -0.05) is 224 Å². The Bertz CT molecular complexity index is 865. The van der Waals surface area contributed by atoms with E-state index in [-0.39, 0.29) is 0 Å². The van der Waals surface area contributed by atoms with Gasteiger partial charge in [0.25, 0.3) is 0 Å². The maximum atomic E-state index is 4.28. The number of imidazole rings is 1. The topological polar surface area (TPSA) is 17.8 Å². The first-order chi connectivity index (χ1) is 25.8. The lowest BCUT2D eigenvalue weighted by molar-refractivity contribution is 0.542. The summed E-state index contributed by atoms with van der Waals surface area (Å²) in [6, 6.07) is 0. The number of hydrogen-bond acceptors (Lipinski definition) is 1.